The highest BCUT2D eigenvalue weighted by Crippen LogP contribution is 2.52. The summed E-state index contributed by atoms with van der Waals surface area (Å²) >= 11 is 2.05. The molecule has 2 atom stereocenters. The summed E-state index contributed by atoms with van der Waals surface area (Å²) in [5.74, 6) is 3.00. The van der Waals surface area contributed by atoms with Gasteiger partial charge >= 0.3 is 0 Å². The predicted molar refractivity (Wildman–Crippen MR) is 59.6 cm³/mol. The van der Waals surface area contributed by atoms with Crippen LogP contribution >= 0.6 is 11.8 Å². The zero-order valence-corrected chi connectivity index (χ0v) is 9.16. The second-order valence-electron chi connectivity index (χ2n) is 3.74. The molecule has 0 heterocycles. The van der Waals surface area contributed by atoms with Crippen molar-refractivity contribution in [2.75, 3.05) is 12.8 Å². The number of nitrogens with one attached hydrogen (secondary N) is 1. The van der Waals surface area contributed by atoms with Gasteiger partial charge in [-0.1, -0.05) is 13.0 Å². The smallest absolute Gasteiger partial charge is 0.0434 e. The summed E-state index contributed by atoms with van der Waals surface area (Å²) in [5.41, 5.74) is 1.36. The Bertz CT molecular complexity index is 255. The lowest BCUT2D eigenvalue weighted by molar-refractivity contribution is 0.895. The molecule has 2 heteroatoms. The van der Waals surface area contributed by atoms with E-state index in [1.165, 1.54) is 24.3 Å². The predicted octanol–water partition coefficient (Wildman–Crippen LogP) is 2.77. The van der Waals surface area contributed by atoms with Crippen LogP contribution in [0.3, 0.4) is 0 Å². The molecule has 0 spiro atoms. The molecule has 0 aromatic heterocycles. The third-order valence-electron chi connectivity index (χ3n) is 2.68. The molecule has 2 aliphatic rings. The van der Waals surface area contributed by atoms with Crippen LogP contribution in [0.1, 0.15) is 19.8 Å². The summed E-state index contributed by atoms with van der Waals surface area (Å²) in [6, 6.07) is 0. The Balaban J connectivity index is 2.08. The topological polar surface area (TPSA) is 12.0 Å². The maximum Gasteiger partial charge on any atom is 0.0434 e. The third-order valence-corrected chi connectivity index (χ3v) is 4.13. The zero-order valence-electron chi connectivity index (χ0n) is 8.34. The zero-order chi connectivity index (χ0) is 9.26. The molecule has 13 heavy (non-hydrogen) atoms. The van der Waals surface area contributed by atoms with Gasteiger partial charge in [0.15, 0.2) is 0 Å². The van der Waals surface area contributed by atoms with Crippen LogP contribution in [0.4, 0.5) is 0 Å². The minimum atomic E-state index is 0.865. The Morgan fingerprint density at radius 2 is 2.46 bits per heavy atom. The SMILES string of the molecule is CCCSC1=C(NC)C=CC2CC12. The minimum Gasteiger partial charge on any atom is -0.387 e. The molecule has 1 N–H and O–H groups in total. The second kappa shape index (κ2) is 3.79. The van der Waals surface area contributed by atoms with Crippen LogP contribution in [0, 0.1) is 11.8 Å². The van der Waals surface area contributed by atoms with Gasteiger partial charge in [-0.2, -0.15) is 0 Å². The van der Waals surface area contributed by atoms with Crippen LogP contribution < -0.4 is 5.32 Å². The van der Waals surface area contributed by atoms with Crippen molar-refractivity contribution in [3.63, 3.8) is 0 Å². The van der Waals surface area contributed by atoms with Crippen molar-refractivity contribution in [1.82, 2.24) is 5.32 Å². The van der Waals surface area contributed by atoms with E-state index in [2.05, 4.69) is 24.4 Å². The Morgan fingerprint density at radius 1 is 1.62 bits per heavy atom. The second-order valence-corrected chi connectivity index (χ2v) is 4.88. The number of likely N-dealkylation sites (N-methyl/N-ethyl adjacent to an activating group) is 1. The van der Waals surface area contributed by atoms with Gasteiger partial charge in [-0.3, -0.25) is 0 Å². The molecule has 2 aliphatic carbocycles. The van der Waals surface area contributed by atoms with Gasteiger partial charge in [-0.05, 0) is 36.5 Å². The van der Waals surface area contributed by atoms with E-state index in [0.29, 0.717) is 0 Å². The fourth-order valence-electron chi connectivity index (χ4n) is 1.83. The number of rotatable bonds is 4. The van der Waals surface area contributed by atoms with E-state index in [-0.39, 0.29) is 0 Å². The number of fused-ring (bicyclic) bond motifs is 1. The van der Waals surface area contributed by atoms with Crippen molar-refractivity contribution in [2.45, 2.75) is 19.8 Å². The van der Waals surface area contributed by atoms with Crippen LogP contribution in [-0.4, -0.2) is 12.8 Å². The number of hydrogen-bond donors (Lipinski definition) is 1. The van der Waals surface area contributed by atoms with Crippen LogP contribution in [0.15, 0.2) is 22.8 Å². The summed E-state index contributed by atoms with van der Waals surface area (Å²) in [6.07, 6.45) is 7.26. The summed E-state index contributed by atoms with van der Waals surface area (Å²) in [6.45, 7) is 2.25. The summed E-state index contributed by atoms with van der Waals surface area (Å²) in [4.78, 5) is 1.61. The molecule has 0 aromatic rings. The maximum atomic E-state index is 3.29. The molecule has 0 aliphatic heterocycles. The average molecular weight is 195 g/mol. The third kappa shape index (κ3) is 1.78. The van der Waals surface area contributed by atoms with Crippen molar-refractivity contribution in [3.8, 4) is 0 Å². The Kier molecular flexibility index (Phi) is 2.68. The van der Waals surface area contributed by atoms with Crippen LogP contribution in [-0.2, 0) is 0 Å². The van der Waals surface area contributed by atoms with Crippen molar-refractivity contribution in [2.24, 2.45) is 11.8 Å². The van der Waals surface area contributed by atoms with E-state index in [9.17, 15) is 0 Å². The molecular formula is C11H17NS. The quantitative estimate of drug-likeness (QED) is 0.740. The van der Waals surface area contributed by atoms with Crippen molar-refractivity contribution < 1.29 is 0 Å². The van der Waals surface area contributed by atoms with Gasteiger partial charge in [-0.25, -0.2) is 0 Å². The number of thioether (sulfide) groups is 1. The van der Waals surface area contributed by atoms with Gasteiger partial charge in [0.25, 0.3) is 0 Å². The Morgan fingerprint density at radius 3 is 3.15 bits per heavy atom. The molecule has 0 bridgehead atoms. The highest BCUT2D eigenvalue weighted by atomic mass is 32.2. The Labute approximate surface area is 84.7 Å². The lowest BCUT2D eigenvalue weighted by Crippen LogP contribution is -2.09. The van der Waals surface area contributed by atoms with E-state index >= 15 is 0 Å². The first-order valence-corrected chi connectivity index (χ1v) is 6.08. The monoisotopic (exact) mass is 195 g/mol. The molecule has 0 amide bonds. The normalized spacial score (nSPS) is 30.3. The first-order valence-electron chi connectivity index (χ1n) is 5.09. The first-order chi connectivity index (χ1) is 6.36. The van der Waals surface area contributed by atoms with E-state index in [4.69, 9.17) is 0 Å². The van der Waals surface area contributed by atoms with Crippen LogP contribution in [0.25, 0.3) is 0 Å². The lowest BCUT2D eigenvalue weighted by Gasteiger charge is -2.14. The van der Waals surface area contributed by atoms with E-state index in [0.717, 1.165) is 11.8 Å². The van der Waals surface area contributed by atoms with Crippen LogP contribution in [0.5, 0.6) is 0 Å². The van der Waals surface area contributed by atoms with Crippen molar-refractivity contribution >= 4 is 11.8 Å². The van der Waals surface area contributed by atoms with Crippen molar-refractivity contribution in [3.05, 3.63) is 22.8 Å². The van der Waals surface area contributed by atoms with Crippen molar-refractivity contribution in [1.29, 1.82) is 0 Å². The lowest BCUT2D eigenvalue weighted by atomic mass is 10.1. The van der Waals surface area contributed by atoms with E-state index in [1.54, 1.807) is 4.91 Å². The van der Waals surface area contributed by atoms with Gasteiger partial charge in [-0.15, -0.1) is 11.8 Å². The fourth-order valence-corrected chi connectivity index (χ4v) is 3.07. The number of allylic oxidation sites excluding steroid dienone is 3. The summed E-state index contributed by atoms with van der Waals surface area (Å²) in [7, 11) is 2.02. The molecule has 1 nitrogen and oxygen atoms in total. The first kappa shape index (κ1) is 9.20. The molecule has 0 saturated heterocycles. The summed E-state index contributed by atoms with van der Waals surface area (Å²) in [5, 5.41) is 3.29. The van der Waals surface area contributed by atoms with Gasteiger partial charge in [0.1, 0.15) is 0 Å². The fraction of sp³-hybridized carbons (Fsp3) is 0.636. The number of hydrogen-bond acceptors (Lipinski definition) is 2. The maximum absolute atomic E-state index is 3.29. The van der Waals surface area contributed by atoms with Gasteiger partial charge < -0.3 is 5.32 Å². The molecular weight excluding hydrogens is 178 g/mol. The minimum absolute atomic E-state index is 0.865. The molecule has 1 fully saturated rings. The molecule has 2 unspecified atom stereocenters. The highest BCUT2D eigenvalue weighted by molar-refractivity contribution is 8.03. The molecule has 2 rings (SSSR count). The standard InChI is InChI=1S/C11H17NS/c1-3-6-13-11-9-7-8(9)4-5-10(11)12-2/h4-5,8-9,12H,3,6-7H2,1-2H3. The average Bonchev–Trinajstić information content (AvgIpc) is 2.92. The van der Waals surface area contributed by atoms with Crippen LogP contribution in [0.2, 0.25) is 0 Å². The highest BCUT2D eigenvalue weighted by Gasteiger charge is 2.41. The van der Waals surface area contributed by atoms with Gasteiger partial charge in [0, 0.05) is 17.6 Å². The van der Waals surface area contributed by atoms with E-state index < -0.39 is 0 Å². The molecule has 0 aromatic carbocycles. The summed E-state index contributed by atoms with van der Waals surface area (Å²) < 4.78 is 0. The molecule has 72 valence electrons. The molecule has 0 radical (unpaired) electrons. The Hall–Kier alpha value is -0.370. The largest absolute Gasteiger partial charge is 0.387 e. The van der Waals surface area contributed by atoms with Gasteiger partial charge in [0.05, 0.1) is 0 Å². The van der Waals surface area contributed by atoms with E-state index in [1.807, 2.05) is 18.8 Å². The molecule has 1 saturated carbocycles. The van der Waals surface area contributed by atoms with Gasteiger partial charge in [0.2, 0.25) is 0 Å².